The van der Waals surface area contributed by atoms with Crippen LogP contribution >= 0.6 is 11.8 Å². The lowest BCUT2D eigenvalue weighted by Gasteiger charge is -2.12. The number of amides is 2. The van der Waals surface area contributed by atoms with Gasteiger partial charge in [0.25, 0.3) is 11.8 Å². The van der Waals surface area contributed by atoms with Crippen molar-refractivity contribution in [3.63, 3.8) is 0 Å². The van der Waals surface area contributed by atoms with E-state index >= 15 is 0 Å². The zero-order chi connectivity index (χ0) is 18.3. The first-order valence-electron chi connectivity index (χ1n) is 7.60. The topological polar surface area (TPSA) is 94.1 Å². The summed E-state index contributed by atoms with van der Waals surface area (Å²) < 4.78 is 14.6. The van der Waals surface area contributed by atoms with E-state index in [1.54, 1.807) is 36.4 Å². The molecule has 1 aromatic heterocycles. The van der Waals surface area contributed by atoms with E-state index in [9.17, 15) is 14.0 Å². The van der Waals surface area contributed by atoms with Gasteiger partial charge in [-0.25, -0.2) is 9.07 Å². The van der Waals surface area contributed by atoms with Crippen molar-refractivity contribution in [3.05, 3.63) is 65.5 Å². The lowest BCUT2D eigenvalue weighted by molar-refractivity contribution is 0.0684. The van der Waals surface area contributed by atoms with Crippen LogP contribution in [0.3, 0.4) is 0 Å². The molecule has 9 heteroatoms. The van der Waals surface area contributed by atoms with Crippen molar-refractivity contribution in [1.29, 1.82) is 0 Å². The van der Waals surface area contributed by atoms with Gasteiger partial charge in [-0.05, 0) is 24.3 Å². The first kappa shape index (κ1) is 16.3. The van der Waals surface area contributed by atoms with E-state index in [4.69, 9.17) is 5.84 Å². The van der Waals surface area contributed by atoms with E-state index in [0.717, 1.165) is 16.7 Å². The molecule has 0 bridgehead atoms. The largest absolute Gasteiger partial charge is 0.335 e. The third-order valence-electron chi connectivity index (χ3n) is 3.95. The van der Waals surface area contributed by atoms with Crippen LogP contribution in [0.2, 0.25) is 0 Å². The van der Waals surface area contributed by atoms with Crippen molar-refractivity contribution in [1.82, 2.24) is 19.8 Å². The van der Waals surface area contributed by atoms with Gasteiger partial charge in [0, 0.05) is 5.56 Å². The molecule has 0 spiro atoms. The summed E-state index contributed by atoms with van der Waals surface area (Å²) in [6.45, 7) is 0. The molecule has 1 aliphatic rings. The van der Waals surface area contributed by atoms with E-state index in [1.165, 1.54) is 16.8 Å². The van der Waals surface area contributed by atoms with Crippen molar-refractivity contribution in [2.75, 3.05) is 11.7 Å². The number of carbonyl (C=O) groups is 2. The minimum atomic E-state index is -0.411. The van der Waals surface area contributed by atoms with Crippen LogP contribution in [0.25, 0.3) is 11.4 Å². The maximum atomic E-state index is 13.4. The van der Waals surface area contributed by atoms with Crippen LogP contribution in [0.1, 0.15) is 20.7 Å². The minimum Gasteiger partial charge on any atom is -0.335 e. The second-order valence-corrected chi connectivity index (χ2v) is 6.46. The molecule has 0 atom stereocenters. The quantitative estimate of drug-likeness (QED) is 0.430. The van der Waals surface area contributed by atoms with Crippen LogP contribution < -0.4 is 5.84 Å². The van der Waals surface area contributed by atoms with Crippen molar-refractivity contribution >= 4 is 23.6 Å². The van der Waals surface area contributed by atoms with Gasteiger partial charge in [-0.1, -0.05) is 36.0 Å². The molecule has 0 fully saturated rings. The summed E-state index contributed by atoms with van der Waals surface area (Å²) in [5, 5.41) is 8.23. The molecule has 0 unspecified atom stereocenters. The fourth-order valence-electron chi connectivity index (χ4n) is 2.68. The molecule has 2 heterocycles. The summed E-state index contributed by atoms with van der Waals surface area (Å²) >= 11 is 1.10. The SMILES string of the molecule is Nn1c(SCN2C(=O)c3ccccc3C2=O)nnc1-c1cccc(F)c1. The van der Waals surface area contributed by atoms with E-state index in [0.29, 0.717) is 21.8 Å². The van der Waals surface area contributed by atoms with Gasteiger partial charge in [-0.2, -0.15) is 0 Å². The number of carbonyl (C=O) groups excluding carboxylic acids is 2. The molecule has 2 aromatic carbocycles. The molecule has 0 saturated heterocycles. The van der Waals surface area contributed by atoms with Crippen LogP contribution in [0.5, 0.6) is 0 Å². The maximum Gasteiger partial charge on any atom is 0.262 e. The minimum absolute atomic E-state index is 0.0465. The molecule has 2 amide bonds. The average Bonchev–Trinajstić information content (AvgIpc) is 3.12. The van der Waals surface area contributed by atoms with Crippen molar-refractivity contribution in [3.8, 4) is 11.4 Å². The number of nitrogens with two attached hydrogens (primary N) is 1. The number of benzene rings is 2. The van der Waals surface area contributed by atoms with Gasteiger partial charge in [0.1, 0.15) is 5.82 Å². The molecular formula is C17H12FN5O2S. The first-order chi connectivity index (χ1) is 12.6. The maximum absolute atomic E-state index is 13.4. The molecule has 4 rings (SSSR count). The Morgan fingerprint density at radius 3 is 2.35 bits per heavy atom. The molecule has 3 aromatic rings. The fourth-order valence-corrected chi connectivity index (χ4v) is 3.48. The zero-order valence-electron chi connectivity index (χ0n) is 13.3. The number of rotatable bonds is 4. The molecule has 26 heavy (non-hydrogen) atoms. The van der Waals surface area contributed by atoms with Gasteiger partial charge in [0.15, 0.2) is 5.82 Å². The van der Waals surface area contributed by atoms with Gasteiger partial charge in [-0.3, -0.25) is 14.5 Å². The molecule has 1 aliphatic heterocycles. The zero-order valence-corrected chi connectivity index (χ0v) is 14.1. The van der Waals surface area contributed by atoms with Crippen LogP contribution in [0.15, 0.2) is 53.7 Å². The number of thioether (sulfide) groups is 1. The molecular weight excluding hydrogens is 357 g/mol. The Kier molecular flexibility index (Phi) is 3.92. The smallest absolute Gasteiger partial charge is 0.262 e. The highest BCUT2D eigenvalue weighted by atomic mass is 32.2. The monoisotopic (exact) mass is 369 g/mol. The van der Waals surface area contributed by atoms with Crippen molar-refractivity contribution in [2.45, 2.75) is 5.16 Å². The number of nitrogen functional groups attached to an aromatic ring is 1. The standard InChI is InChI=1S/C17H12FN5O2S/c18-11-5-3-4-10(8-11)14-20-21-17(23(14)19)26-9-22-15(24)12-6-1-2-7-13(12)16(22)25/h1-8H,9,19H2. The van der Waals surface area contributed by atoms with Gasteiger partial charge >= 0.3 is 0 Å². The lowest BCUT2D eigenvalue weighted by atomic mass is 10.1. The molecule has 0 radical (unpaired) electrons. The van der Waals surface area contributed by atoms with Gasteiger partial charge < -0.3 is 5.84 Å². The second kappa shape index (κ2) is 6.26. The van der Waals surface area contributed by atoms with Crippen molar-refractivity contribution < 1.29 is 14.0 Å². The second-order valence-electron chi connectivity index (χ2n) is 5.54. The van der Waals surface area contributed by atoms with E-state index in [1.807, 2.05) is 0 Å². The van der Waals surface area contributed by atoms with Gasteiger partial charge in [0.2, 0.25) is 5.16 Å². The number of hydrogen-bond donors (Lipinski definition) is 1. The van der Waals surface area contributed by atoms with Crippen LogP contribution in [0.4, 0.5) is 4.39 Å². The Balaban J connectivity index is 1.53. The average molecular weight is 369 g/mol. The van der Waals surface area contributed by atoms with Crippen molar-refractivity contribution in [2.24, 2.45) is 0 Å². The molecule has 0 saturated carbocycles. The Bertz CT molecular complexity index is 1000. The highest BCUT2D eigenvalue weighted by Gasteiger charge is 2.35. The Morgan fingerprint density at radius 1 is 1.00 bits per heavy atom. The summed E-state index contributed by atoms with van der Waals surface area (Å²) in [6.07, 6.45) is 0. The molecule has 130 valence electrons. The molecule has 7 nitrogen and oxygen atoms in total. The Labute approximate surface area is 151 Å². The summed E-state index contributed by atoms with van der Waals surface area (Å²) in [7, 11) is 0. The predicted octanol–water partition coefficient (Wildman–Crippen LogP) is 2.14. The molecule has 0 aliphatic carbocycles. The van der Waals surface area contributed by atoms with E-state index in [2.05, 4.69) is 10.2 Å². The van der Waals surface area contributed by atoms with Crippen LogP contribution in [0, 0.1) is 5.82 Å². The highest BCUT2D eigenvalue weighted by molar-refractivity contribution is 7.99. The third kappa shape index (κ3) is 2.62. The van der Waals surface area contributed by atoms with Crippen LogP contribution in [-0.2, 0) is 0 Å². The third-order valence-corrected chi connectivity index (χ3v) is 4.87. The van der Waals surface area contributed by atoms with Gasteiger partial charge in [-0.15, -0.1) is 10.2 Å². The Morgan fingerprint density at radius 2 is 1.69 bits per heavy atom. The number of imide groups is 1. The highest BCUT2D eigenvalue weighted by Crippen LogP contribution is 2.27. The number of halogens is 1. The summed E-state index contributed by atoms with van der Waals surface area (Å²) in [5.74, 6) is 5.20. The van der Waals surface area contributed by atoms with Gasteiger partial charge in [0.05, 0.1) is 17.0 Å². The number of hydrogen-bond acceptors (Lipinski definition) is 6. The normalized spacial score (nSPS) is 13.3. The first-order valence-corrected chi connectivity index (χ1v) is 8.59. The van der Waals surface area contributed by atoms with E-state index < -0.39 is 5.82 Å². The number of fused-ring (bicyclic) bond motifs is 1. The predicted molar refractivity (Wildman–Crippen MR) is 93.2 cm³/mol. The fraction of sp³-hybridized carbons (Fsp3) is 0.0588. The van der Waals surface area contributed by atoms with E-state index in [-0.39, 0.29) is 23.5 Å². The molecule has 2 N–H and O–H groups in total. The Hall–Kier alpha value is -3.20. The summed E-state index contributed by atoms with van der Waals surface area (Å²) in [4.78, 5) is 25.8. The number of aromatic nitrogens is 3. The summed E-state index contributed by atoms with van der Waals surface area (Å²) in [5.41, 5.74) is 1.24. The number of nitrogens with zero attached hydrogens (tertiary/aromatic N) is 4. The van der Waals surface area contributed by atoms with Crippen LogP contribution in [-0.4, -0.2) is 37.5 Å². The summed E-state index contributed by atoms with van der Waals surface area (Å²) in [6, 6.07) is 12.5. The lowest BCUT2D eigenvalue weighted by Crippen LogP contribution is -2.29.